The van der Waals surface area contributed by atoms with E-state index in [2.05, 4.69) is 40.5 Å². The molecule has 9 heteroatoms. The lowest BCUT2D eigenvalue weighted by Crippen LogP contribution is -2.52. The first-order valence-corrected chi connectivity index (χ1v) is 12.7. The van der Waals surface area contributed by atoms with Gasteiger partial charge < -0.3 is 9.80 Å². The second-order valence-corrected chi connectivity index (χ2v) is 10.5. The summed E-state index contributed by atoms with van der Waals surface area (Å²) in [5.41, 5.74) is 1.53. The number of rotatable bonds is 4. The Hall–Kier alpha value is -3.30. The molecule has 3 aliphatic rings. The number of carbonyl (C=O) groups excluding carboxylic acids is 3. The van der Waals surface area contributed by atoms with E-state index in [0.29, 0.717) is 30.8 Å². The second kappa shape index (κ2) is 8.73. The van der Waals surface area contributed by atoms with Gasteiger partial charge in [-0.2, -0.15) is 0 Å². The Morgan fingerprint density at radius 3 is 2.60 bits per heavy atom. The van der Waals surface area contributed by atoms with Gasteiger partial charge in [0.2, 0.25) is 11.8 Å². The fourth-order valence-electron chi connectivity index (χ4n) is 5.30. The fraction of sp³-hybridized carbons (Fsp3) is 0.346. The van der Waals surface area contributed by atoms with Gasteiger partial charge in [0.1, 0.15) is 11.9 Å². The van der Waals surface area contributed by atoms with Gasteiger partial charge in [-0.15, -0.1) is 11.3 Å². The number of piperazine rings is 1. The van der Waals surface area contributed by atoms with Crippen LogP contribution in [-0.4, -0.2) is 59.7 Å². The maximum Gasteiger partial charge on any atom is 0.255 e. The van der Waals surface area contributed by atoms with Gasteiger partial charge in [0.05, 0.1) is 5.69 Å². The summed E-state index contributed by atoms with van der Waals surface area (Å²) in [5.74, 6) is -1.55. The molecule has 3 amide bonds. The number of fused-ring (bicyclic) bond motifs is 2. The van der Waals surface area contributed by atoms with Crippen LogP contribution in [0.3, 0.4) is 0 Å². The number of hydrogen-bond donors (Lipinski definition) is 1. The van der Waals surface area contributed by atoms with Crippen molar-refractivity contribution in [2.75, 3.05) is 31.1 Å². The van der Waals surface area contributed by atoms with E-state index in [1.807, 2.05) is 16.2 Å². The lowest BCUT2D eigenvalue weighted by molar-refractivity contribution is -0.136. The molecule has 1 aromatic heterocycles. The quantitative estimate of drug-likeness (QED) is 0.567. The summed E-state index contributed by atoms with van der Waals surface area (Å²) in [6.07, 6.45) is 0.489. The fourth-order valence-corrected chi connectivity index (χ4v) is 6.41. The Bertz CT molecular complexity index is 1310. The number of benzene rings is 2. The van der Waals surface area contributed by atoms with Gasteiger partial charge >= 0.3 is 0 Å². The van der Waals surface area contributed by atoms with Gasteiger partial charge in [-0.05, 0) is 41.6 Å². The molecule has 2 saturated heterocycles. The standard InChI is InChI=1S/C26H25FN4O3S/c27-20-13-19-17(14-31(26(19)34)21-5-6-24(32)28-25(21)33)12-22(20)30-9-7-29(8-10-30)15-18-11-16-3-1-2-4-23(16)35-18/h1-4,11-13,21H,5-10,14-15H2,(H,28,32,33). The van der Waals surface area contributed by atoms with Crippen molar-refractivity contribution in [1.82, 2.24) is 15.1 Å². The van der Waals surface area contributed by atoms with Crippen molar-refractivity contribution in [3.63, 3.8) is 0 Å². The Labute approximate surface area is 206 Å². The van der Waals surface area contributed by atoms with Crippen LogP contribution < -0.4 is 10.2 Å². The van der Waals surface area contributed by atoms with Crippen LogP contribution in [0.4, 0.5) is 10.1 Å². The van der Waals surface area contributed by atoms with Crippen LogP contribution in [0.2, 0.25) is 0 Å². The minimum absolute atomic E-state index is 0.196. The first-order chi connectivity index (χ1) is 17.0. The average Bonchev–Trinajstić information content (AvgIpc) is 3.39. The summed E-state index contributed by atoms with van der Waals surface area (Å²) >= 11 is 1.82. The molecule has 4 heterocycles. The van der Waals surface area contributed by atoms with Gasteiger partial charge in [0, 0.05) is 60.8 Å². The van der Waals surface area contributed by atoms with Crippen molar-refractivity contribution in [3.8, 4) is 0 Å². The second-order valence-electron chi connectivity index (χ2n) is 9.37. The maximum atomic E-state index is 15.1. The minimum atomic E-state index is -0.698. The van der Waals surface area contributed by atoms with Crippen LogP contribution in [0.1, 0.15) is 33.6 Å². The number of nitrogens with one attached hydrogen (secondary N) is 1. The molecule has 35 heavy (non-hydrogen) atoms. The molecule has 3 aromatic rings. The first-order valence-electron chi connectivity index (χ1n) is 11.9. The van der Waals surface area contributed by atoms with Crippen LogP contribution in [0, 0.1) is 5.82 Å². The molecule has 180 valence electrons. The molecule has 0 radical (unpaired) electrons. The number of amides is 3. The summed E-state index contributed by atoms with van der Waals surface area (Å²) in [4.78, 5) is 43.9. The molecule has 2 fully saturated rings. The first kappa shape index (κ1) is 22.2. The number of imide groups is 1. The zero-order valence-corrected chi connectivity index (χ0v) is 19.9. The molecule has 1 unspecified atom stereocenters. The Morgan fingerprint density at radius 1 is 1.03 bits per heavy atom. The molecule has 0 spiro atoms. The van der Waals surface area contributed by atoms with Gasteiger partial charge in [-0.1, -0.05) is 18.2 Å². The molecular formula is C26H25FN4O3S. The average molecular weight is 493 g/mol. The van der Waals surface area contributed by atoms with Crippen molar-refractivity contribution in [2.24, 2.45) is 0 Å². The highest BCUT2D eigenvalue weighted by Crippen LogP contribution is 2.33. The molecule has 2 aromatic carbocycles. The molecular weight excluding hydrogens is 467 g/mol. The molecule has 1 N–H and O–H groups in total. The highest BCUT2D eigenvalue weighted by Gasteiger charge is 2.40. The zero-order chi connectivity index (χ0) is 24.1. The highest BCUT2D eigenvalue weighted by molar-refractivity contribution is 7.19. The zero-order valence-electron chi connectivity index (χ0n) is 19.1. The van der Waals surface area contributed by atoms with Crippen molar-refractivity contribution in [3.05, 3.63) is 64.3 Å². The van der Waals surface area contributed by atoms with Gasteiger partial charge in [-0.25, -0.2) is 4.39 Å². The van der Waals surface area contributed by atoms with Crippen LogP contribution in [0.15, 0.2) is 42.5 Å². The number of anilines is 1. The van der Waals surface area contributed by atoms with Gasteiger partial charge in [-0.3, -0.25) is 24.6 Å². The predicted octanol–water partition coefficient (Wildman–Crippen LogP) is 3.12. The number of thiophene rings is 1. The smallest absolute Gasteiger partial charge is 0.255 e. The highest BCUT2D eigenvalue weighted by atomic mass is 32.1. The lowest BCUT2D eigenvalue weighted by atomic mass is 10.0. The normalized spacial score (nSPS) is 21.1. The van der Waals surface area contributed by atoms with Crippen LogP contribution in [-0.2, 0) is 22.7 Å². The summed E-state index contributed by atoms with van der Waals surface area (Å²) in [5, 5.41) is 3.57. The molecule has 0 aliphatic carbocycles. The predicted molar refractivity (Wildman–Crippen MR) is 132 cm³/mol. The van der Waals surface area contributed by atoms with Crippen LogP contribution in [0.25, 0.3) is 10.1 Å². The molecule has 6 rings (SSSR count). The van der Waals surface area contributed by atoms with Crippen molar-refractivity contribution in [2.45, 2.75) is 32.0 Å². The number of nitrogens with zero attached hydrogens (tertiary/aromatic N) is 3. The van der Waals surface area contributed by atoms with E-state index in [0.717, 1.165) is 25.2 Å². The Balaban J connectivity index is 1.13. The molecule has 3 aliphatic heterocycles. The lowest BCUT2D eigenvalue weighted by Gasteiger charge is -2.36. The number of piperidine rings is 1. The summed E-state index contributed by atoms with van der Waals surface area (Å²) in [6, 6.07) is 13.0. The number of hydrogen-bond acceptors (Lipinski definition) is 6. The number of halogens is 1. The maximum absolute atomic E-state index is 15.1. The van der Waals surface area contributed by atoms with E-state index in [4.69, 9.17) is 0 Å². The van der Waals surface area contributed by atoms with E-state index in [-0.39, 0.29) is 24.8 Å². The summed E-state index contributed by atoms with van der Waals surface area (Å²) in [7, 11) is 0. The van der Waals surface area contributed by atoms with Crippen molar-refractivity contribution >= 4 is 44.8 Å². The SMILES string of the molecule is O=C1CCC(N2Cc3cc(N4CCN(Cc5cc6ccccc6s5)CC4)c(F)cc3C2=O)C(=O)N1. The largest absolute Gasteiger partial charge is 0.367 e. The molecule has 1 atom stereocenters. The molecule has 7 nitrogen and oxygen atoms in total. The minimum Gasteiger partial charge on any atom is -0.367 e. The van der Waals surface area contributed by atoms with Gasteiger partial charge in [0.15, 0.2) is 0 Å². The summed E-state index contributed by atoms with van der Waals surface area (Å²) in [6.45, 7) is 4.18. The summed E-state index contributed by atoms with van der Waals surface area (Å²) < 4.78 is 16.4. The third-order valence-corrected chi connectivity index (χ3v) is 8.26. The van der Waals surface area contributed by atoms with E-state index >= 15 is 4.39 Å². The number of carbonyl (C=O) groups is 3. The van der Waals surface area contributed by atoms with Crippen LogP contribution in [0.5, 0.6) is 0 Å². The Morgan fingerprint density at radius 2 is 1.83 bits per heavy atom. The third-order valence-electron chi connectivity index (χ3n) is 7.16. The molecule has 0 saturated carbocycles. The van der Waals surface area contributed by atoms with Crippen LogP contribution >= 0.6 is 11.3 Å². The monoisotopic (exact) mass is 492 g/mol. The van der Waals surface area contributed by atoms with E-state index in [1.165, 1.54) is 25.9 Å². The van der Waals surface area contributed by atoms with Crippen molar-refractivity contribution in [1.29, 1.82) is 0 Å². The van der Waals surface area contributed by atoms with Crippen molar-refractivity contribution < 1.29 is 18.8 Å². The molecule has 0 bridgehead atoms. The Kier molecular flexibility index (Phi) is 5.53. The topological polar surface area (TPSA) is 73.0 Å². The van der Waals surface area contributed by atoms with E-state index in [1.54, 1.807) is 6.07 Å². The van der Waals surface area contributed by atoms with Gasteiger partial charge in [0.25, 0.3) is 5.91 Å². The third kappa shape index (κ3) is 4.08. The van der Waals surface area contributed by atoms with E-state index < -0.39 is 17.8 Å². The van der Waals surface area contributed by atoms with E-state index in [9.17, 15) is 14.4 Å².